The molecule has 0 fully saturated rings. The maximum atomic E-state index is 6.09. The molecule has 2 N–H and O–H groups in total. The molecule has 3 heteroatoms. The smallest absolute Gasteiger partial charge is 0.0511 e. The number of nitrogens with zero attached hydrogens (tertiary/aromatic N) is 2. The van der Waals surface area contributed by atoms with E-state index in [0.717, 1.165) is 6.42 Å². The molecule has 0 aliphatic rings. The van der Waals surface area contributed by atoms with Crippen molar-refractivity contribution in [1.82, 2.24) is 9.88 Å². The van der Waals surface area contributed by atoms with Crippen molar-refractivity contribution in [2.45, 2.75) is 45.3 Å². The van der Waals surface area contributed by atoms with Crippen LogP contribution in [-0.4, -0.2) is 29.0 Å². The normalized spacial score (nSPS) is 17.1. The summed E-state index contributed by atoms with van der Waals surface area (Å²) >= 11 is 0. The summed E-state index contributed by atoms with van der Waals surface area (Å²) in [6, 6.07) is 4.93. The van der Waals surface area contributed by atoms with Gasteiger partial charge in [-0.25, -0.2) is 0 Å². The first-order valence-corrected chi connectivity index (χ1v) is 5.95. The third-order valence-electron chi connectivity index (χ3n) is 3.25. The first-order valence-electron chi connectivity index (χ1n) is 5.95. The van der Waals surface area contributed by atoms with Gasteiger partial charge < -0.3 is 5.73 Å². The fraction of sp³-hybridized carbons (Fsp3) is 0.615. The maximum absolute atomic E-state index is 6.09. The first-order chi connectivity index (χ1) is 7.57. The highest BCUT2D eigenvalue weighted by Crippen LogP contribution is 2.24. The molecule has 0 aliphatic heterocycles. The van der Waals surface area contributed by atoms with E-state index < -0.39 is 0 Å². The van der Waals surface area contributed by atoms with E-state index in [1.165, 1.54) is 5.56 Å². The van der Waals surface area contributed by atoms with Gasteiger partial charge in [0.05, 0.1) is 6.04 Å². The van der Waals surface area contributed by atoms with Gasteiger partial charge in [-0.1, -0.05) is 13.0 Å². The van der Waals surface area contributed by atoms with Crippen molar-refractivity contribution in [2.24, 2.45) is 5.73 Å². The topological polar surface area (TPSA) is 42.2 Å². The first kappa shape index (κ1) is 13.1. The maximum Gasteiger partial charge on any atom is 0.0511 e. The molecule has 0 saturated heterocycles. The van der Waals surface area contributed by atoms with Crippen LogP contribution in [-0.2, 0) is 0 Å². The summed E-state index contributed by atoms with van der Waals surface area (Å²) < 4.78 is 0. The van der Waals surface area contributed by atoms with Gasteiger partial charge in [0.2, 0.25) is 0 Å². The second-order valence-corrected chi connectivity index (χ2v) is 4.51. The Morgan fingerprint density at radius 3 is 2.56 bits per heavy atom. The third kappa shape index (κ3) is 3.03. The lowest BCUT2D eigenvalue weighted by atomic mass is 9.99. The molecule has 3 unspecified atom stereocenters. The average molecular weight is 221 g/mol. The van der Waals surface area contributed by atoms with Gasteiger partial charge >= 0.3 is 0 Å². The summed E-state index contributed by atoms with van der Waals surface area (Å²) in [7, 11) is 2.13. The summed E-state index contributed by atoms with van der Waals surface area (Å²) in [4.78, 5) is 6.51. The Hall–Kier alpha value is -0.930. The Balaban J connectivity index is 2.92. The zero-order valence-corrected chi connectivity index (χ0v) is 10.7. The predicted molar refractivity (Wildman–Crippen MR) is 68.1 cm³/mol. The number of rotatable bonds is 5. The van der Waals surface area contributed by atoms with Gasteiger partial charge in [0.1, 0.15) is 0 Å². The van der Waals surface area contributed by atoms with Crippen LogP contribution in [0, 0.1) is 0 Å². The van der Waals surface area contributed by atoms with Crippen molar-refractivity contribution in [3.8, 4) is 0 Å². The van der Waals surface area contributed by atoms with Gasteiger partial charge in [0, 0.05) is 24.5 Å². The van der Waals surface area contributed by atoms with E-state index in [1.54, 1.807) is 6.20 Å². The monoisotopic (exact) mass is 221 g/mol. The van der Waals surface area contributed by atoms with Crippen molar-refractivity contribution < 1.29 is 0 Å². The Kier molecular flexibility index (Phi) is 4.90. The summed E-state index contributed by atoms with van der Waals surface area (Å²) in [5, 5.41) is 0. The molecule has 3 atom stereocenters. The minimum absolute atomic E-state index is 0.100. The van der Waals surface area contributed by atoms with Crippen LogP contribution in [0.4, 0.5) is 0 Å². The molecular weight excluding hydrogens is 198 g/mol. The molecule has 16 heavy (non-hydrogen) atoms. The quantitative estimate of drug-likeness (QED) is 0.829. The fourth-order valence-electron chi connectivity index (χ4n) is 2.02. The Labute approximate surface area is 98.7 Å². The zero-order valence-electron chi connectivity index (χ0n) is 10.7. The van der Waals surface area contributed by atoms with Gasteiger partial charge in [-0.15, -0.1) is 0 Å². The molecule has 0 saturated carbocycles. The molecule has 0 radical (unpaired) electrons. The highest BCUT2D eigenvalue weighted by Gasteiger charge is 2.23. The average Bonchev–Trinajstić information content (AvgIpc) is 2.29. The summed E-state index contributed by atoms with van der Waals surface area (Å²) in [6.45, 7) is 6.48. The number of hydrogen-bond donors (Lipinski definition) is 1. The molecule has 0 spiro atoms. The highest BCUT2D eigenvalue weighted by atomic mass is 15.2. The molecule has 90 valence electrons. The van der Waals surface area contributed by atoms with Gasteiger partial charge in [-0.2, -0.15) is 0 Å². The SMILES string of the molecule is CCC(C)N(C)C(c1cccnc1)C(C)N. The Morgan fingerprint density at radius 2 is 2.12 bits per heavy atom. The summed E-state index contributed by atoms with van der Waals surface area (Å²) in [5.41, 5.74) is 7.29. The van der Waals surface area contributed by atoms with E-state index in [2.05, 4.69) is 43.8 Å². The number of nitrogens with two attached hydrogens (primary N) is 1. The molecule has 0 aliphatic carbocycles. The minimum atomic E-state index is 0.100. The molecule has 1 rings (SSSR count). The zero-order chi connectivity index (χ0) is 12.1. The fourth-order valence-corrected chi connectivity index (χ4v) is 2.02. The number of hydrogen-bond acceptors (Lipinski definition) is 3. The molecule has 0 amide bonds. The van der Waals surface area contributed by atoms with Gasteiger partial charge in [0.15, 0.2) is 0 Å². The largest absolute Gasteiger partial charge is 0.326 e. The molecule has 1 heterocycles. The molecule has 0 bridgehead atoms. The lowest BCUT2D eigenvalue weighted by molar-refractivity contribution is 0.161. The molecule has 1 aromatic rings. The van der Waals surface area contributed by atoms with E-state index in [9.17, 15) is 0 Å². The van der Waals surface area contributed by atoms with E-state index in [-0.39, 0.29) is 12.1 Å². The van der Waals surface area contributed by atoms with Crippen molar-refractivity contribution >= 4 is 0 Å². The van der Waals surface area contributed by atoms with Crippen molar-refractivity contribution in [3.05, 3.63) is 30.1 Å². The Morgan fingerprint density at radius 1 is 1.44 bits per heavy atom. The minimum Gasteiger partial charge on any atom is -0.326 e. The summed E-state index contributed by atoms with van der Waals surface area (Å²) in [5.74, 6) is 0. The standard InChI is InChI=1S/C13H23N3/c1-5-10(2)16(4)13(11(3)14)12-7-6-8-15-9-12/h6-11,13H,5,14H2,1-4H3. The van der Waals surface area contributed by atoms with E-state index >= 15 is 0 Å². The van der Waals surface area contributed by atoms with E-state index in [4.69, 9.17) is 5.73 Å². The van der Waals surface area contributed by atoms with Crippen LogP contribution in [0.2, 0.25) is 0 Å². The second-order valence-electron chi connectivity index (χ2n) is 4.51. The van der Waals surface area contributed by atoms with E-state index in [0.29, 0.717) is 6.04 Å². The third-order valence-corrected chi connectivity index (χ3v) is 3.25. The van der Waals surface area contributed by atoms with Crippen LogP contribution in [0.3, 0.4) is 0 Å². The van der Waals surface area contributed by atoms with Crippen LogP contribution in [0.25, 0.3) is 0 Å². The number of pyridine rings is 1. The van der Waals surface area contributed by atoms with Gasteiger partial charge in [-0.3, -0.25) is 9.88 Å². The van der Waals surface area contributed by atoms with Gasteiger partial charge in [0.25, 0.3) is 0 Å². The van der Waals surface area contributed by atoms with Crippen LogP contribution < -0.4 is 5.73 Å². The van der Waals surface area contributed by atoms with Gasteiger partial charge in [-0.05, 0) is 38.9 Å². The molecule has 1 aromatic heterocycles. The second kappa shape index (κ2) is 5.97. The number of aromatic nitrogens is 1. The van der Waals surface area contributed by atoms with Crippen LogP contribution >= 0.6 is 0 Å². The summed E-state index contributed by atoms with van der Waals surface area (Å²) in [6.07, 6.45) is 4.83. The molecule has 0 aromatic carbocycles. The van der Waals surface area contributed by atoms with Crippen LogP contribution in [0.15, 0.2) is 24.5 Å². The number of likely N-dealkylation sites (N-methyl/N-ethyl adjacent to an activating group) is 1. The van der Waals surface area contributed by atoms with Crippen LogP contribution in [0.5, 0.6) is 0 Å². The molecule has 3 nitrogen and oxygen atoms in total. The van der Waals surface area contributed by atoms with Crippen LogP contribution in [0.1, 0.15) is 38.8 Å². The molecular formula is C13H23N3. The predicted octanol–water partition coefficient (Wildman–Crippen LogP) is 2.20. The lowest BCUT2D eigenvalue weighted by Crippen LogP contribution is -2.41. The van der Waals surface area contributed by atoms with E-state index in [1.807, 2.05) is 12.3 Å². The lowest BCUT2D eigenvalue weighted by Gasteiger charge is -2.35. The van der Waals surface area contributed by atoms with Crippen molar-refractivity contribution in [2.75, 3.05) is 7.05 Å². The van der Waals surface area contributed by atoms with Crippen molar-refractivity contribution in [3.63, 3.8) is 0 Å². The Bertz CT molecular complexity index is 297. The van der Waals surface area contributed by atoms with Crippen molar-refractivity contribution in [1.29, 1.82) is 0 Å². The highest BCUT2D eigenvalue weighted by molar-refractivity contribution is 5.16.